The monoisotopic (exact) mass is 269 g/mol. The van der Waals surface area contributed by atoms with Crippen LogP contribution in [0.4, 0.5) is 0 Å². The Balaban J connectivity index is 2.40. The van der Waals surface area contributed by atoms with E-state index >= 15 is 0 Å². The first-order chi connectivity index (χ1) is 8.90. The molecule has 0 saturated carbocycles. The molecule has 1 atom stereocenters. The van der Waals surface area contributed by atoms with Crippen molar-refractivity contribution in [3.8, 4) is 0 Å². The number of nitrogens with one attached hydrogen (secondary N) is 1. The normalized spacial score (nSPS) is 20.7. The molecule has 1 unspecified atom stereocenters. The average molecular weight is 269 g/mol. The summed E-state index contributed by atoms with van der Waals surface area (Å²) in [7, 11) is 4.55. The Morgan fingerprint density at radius 1 is 1.16 bits per heavy atom. The van der Waals surface area contributed by atoms with Gasteiger partial charge in [0.25, 0.3) is 0 Å². The number of piperidine rings is 1. The van der Waals surface area contributed by atoms with Gasteiger partial charge in [0.15, 0.2) is 0 Å². The van der Waals surface area contributed by atoms with Gasteiger partial charge in [0.05, 0.1) is 0 Å². The smallest absolute Gasteiger partial charge is 0.0240 e. The van der Waals surface area contributed by atoms with E-state index in [1.165, 1.54) is 32.5 Å². The predicted octanol–water partition coefficient (Wildman–Crippen LogP) is 2.28. The number of likely N-dealkylation sites (tertiary alicyclic amines) is 1. The van der Waals surface area contributed by atoms with Crippen molar-refractivity contribution in [1.82, 2.24) is 15.1 Å². The van der Waals surface area contributed by atoms with Crippen molar-refractivity contribution in [3.05, 3.63) is 0 Å². The Hall–Kier alpha value is -0.120. The van der Waals surface area contributed by atoms with Gasteiger partial charge >= 0.3 is 0 Å². The van der Waals surface area contributed by atoms with Crippen LogP contribution in [0.5, 0.6) is 0 Å². The third kappa shape index (κ3) is 6.24. The maximum atomic E-state index is 3.60. The van der Waals surface area contributed by atoms with Gasteiger partial charge in [-0.05, 0) is 51.9 Å². The van der Waals surface area contributed by atoms with Gasteiger partial charge in [-0.15, -0.1) is 0 Å². The Kier molecular flexibility index (Phi) is 7.33. The van der Waals surface area contributed by atoms with E-state index in [1.54, 1.807) is 0 Å². The summed E-state index contributed by atoms with van der Waals surface area (Å²) in [5, 5.41) is 3.60. The molecule has 19 heavy (non-hydrogen) atoms. The lowest BCUT2D eigenvalue weighted by molar-refractivity contribution is 0.126. The lowest BCUT2D eigenvalue weighted by Crippen LogP contribution is -2.47. The Morgan fingerprint density at radius 3 is 2.21 bits per heavy atom. The zero-order chi connectivity index (χ0) is 14.4. The number of hydrogen-bond donors (Lipinski definition) is 1. The zero-order valence-electron chi connectivity index (χ0n) is 13.9. The molecule has 1 aliphatic heterocycles. The van der Waals surface area contributed by atoms with Crippen molar-refractivity contribution in [1.29, 1.82) is 0 Å². The Bertz CT molecular complexity index is 232. The number of hydrogen-bond acceptors (Lipinski definition) is 3. The van der Waals surface area contributed by atoms with Gasteiger partial charge in [0.2, 0.25) is 0 Å². The quantitative estimate of drug-likeness (QED) is 0.765. The molecule has 1 heterocycles. The molecule has 0 aliphatic carbocycles. The second kappa shape index (κ2) is 8.23. The minimum absolute atomic E-state index is 0.581. The molecule has 3 heteroatoms. The van der Waals surface area contributed by atoms with Gasteiger partial charge < -0.3 is 15.1 Å². The van der Waals surface area contributed by atoms with Crippen LogP contribution in [0, 0.1) is 11.8 Å². The van der Waals surface area contributed by atoms with Crippen LogP contribution in [0.3, 0.4) is 0 Å². The number of likely N-dealkylation sites (N-methyl/N-ethyl adjacent to an activating group) is 1. The van der Waals surface area contributed by atoms with Gasteiger partial charge in [0.1, 0.15) is 0 Å². The SMILES string of the molecule is CC(C)NCC(C(C)C)N(C)CC1CCN(C)CC1. The summed E-state index contributed by atoms with van der Waals surface area (Å²) in [4.78, 5) is 5.05. The van der Waals surface area contributed by atoms with E-state index in [0.717, 1.165) is 12.5 Å². The topological polar surface area (TPSA) is 18.5 Å². The minimum Gasteiger partial charge on any atom is -0.313 e. The molecule has 1 fully saturated rings. The first-order valence-corrected chi connectivity index (χ1v) is 8.02. The van der Waals surface area contributed by atoms with E-state index in [4.69, 9.17) is 0 Å². The molecule has 0 aromatic carbocycles. The third-order valence-electron chi connectivity index (χ3n) is 4.46. The molecule has 0 spiro atoms. The highest BCUT2D eigenvalue weighted by Crippen LogP contribution is 2.19. The van der Waals surface area contributed by atoms with Crippen LogP contribution in [-0.4, -0.2) is 62.2 Å². The third-order valence-corrected chi connectivity index (χ3v) is 4.46. The summed E-state index contributed by atoms with van der Waals surface area (Å²) in [5.41, 5.74) is 0. The molecule has 1 N–H and O–H groups in total. The van der Waals surface area contributed by atoms with Gasteiger partial charge in [-0.3, -0.25) is 0 Å². The molecule has 1 rings (SSSR count). The van der Waals surface area contributed by atoms with Crippen molar-refractivity contribution in [2.24, 2.45) is 11.8 Å². The Labute approximate surface area is 120 Å². The summed E-state index contributed by atoms with van der Waals surface area (Å²) in [6, 6.07) is 1.24. The van der Waals surface area contributed by atoms with Gasteiger partial charge in [0, 0.05) is 25.2 Å². The van der Waals surface area contributed by atoms with Crippen molar-refractivity contribution in [2.45, 2.75) is 52.6 Å². The fraction of sp³-hybridized carbons (Fsp3) is 1.00. The summed E-state index contributed by atoms with van der Waals surface area (Å²) >= 11 is 0. The molecule has 0 amide bonds. The van der Waals surface area contributed by atoms with E-state index in [2.05, 4.69) is 56.9 Å². The molecular weight excluding hydrogens is 234 g/mol. The molecule has 0 aromatic rings. The highest BCUT2D eigenvalue weighted by Gasteiger charge is 2.23. The molecule has 1 aliphatic rings. The first kappa shape index (κ1) is 16.9. The highest BCUT2D eigenvalue weighted by molar-refractivity contribution is 4.79. The second-order valence-corrected chi connectivity index (χ2v) is 7.06. The molecule has 0 radical (unpaired) electrons. The fourth-order valence-electron chi connectivity index (χ4n) is 3.04. The van der Waals surface area contributed by atoms with Crippen molar-refractivity contribution < 1.29 is 0 Å². The van der Waals surface area contributed by atoms with Crippen LogP contribution in [0.2, 0.25) is 0 Å². The number of nitrogens with zero attached hydrogens (tertiary/aromatic N) is 2. The van der Waals surface area contributed by atoms with Crippen molar-refractivity contribution >= 4 is 0 Å². The van der Waals surface area contributed by atoms with Crippen LogP contribution in [-0.2, 0) is 0 Å². The maximum absolute atomic E-state index is 3.60. The van der Waals surface area contributed by atoms with Crippen LogP contribution in [0.15, 0.2) is 0 Å². The lowest BCUT2D eigenvalue weighted by Gasteiger charge is -2.37. The summed E-state index contributed by atoms with van der Waals surface area (Å²) in [5.74, 6) is 1.60. The average Bonchev–Trinajstić information content (AvgIpc) is 2.31. The van der Waals surface area contributed by atoms with Gasteiger partial charge in [-0.1, -0.05) is 27.7 Å². The van der Waals surface area contributed by atoms with Crippen LogP contribution in [0.1, 0.15) is 40.5 Å². The van der Waals surface area contributed by atoms with E-state index in [1.807, 2.05) is 0 Å². The first-order valence-electron chi connectivity index (χ1n) is 8.02. The summed E-state index contributed by atoms with van der Waals surface area (Å²) in [6.45, 7) is 14.1. The summed E-state index contributed by atoms with van der Waals surface area (Å²) < 4.78 is 0. The maximum Gasteiger partial charge on any atom is 0.0240 e. The van der Waals surface area contributed by atoms with E-state index in [9.17, 15) is 0 Å². The van der Waals surface area contributed by atoms with Gasteiger partial charge in [-0.2, -0.15) is 0 Å². The largest absolute Gasteiger partial charge is 0.313 e. The lowest BCUT2D eigenvalue weighted by atomic mass is 9.94. The minimum atomic E-state index is 0.581. The second-order valence-electron chi connectivity index (χ2n) is 7.06. The van der Waals surface area contributed by atoms with Crippen molar-refractivity contribution in [3.63, 3.8) is 0 Å². The molecule has 1 saturated heterocycles. The predicted molar refractivity (Wildman–Crippen MR) is 84.6 cm³/mol. The van der Waals surface area contributed by atoms with E-state index < -0.39 is 0 Å². The van der Waals surface area contributed by atoms with Crippen LogP contribution in [0.25, 0.3) is 0 Å². The van der Waals surface area contributed by atoms with E-state index in [0.29, 0.717) is 18.0 Å². The molecule has 114 valence electrons. The summed E-state index contributed by atoms with van der Waals surface area (Å²) in [6.07, 6.45) is 2.73. The fourth-order valence-corrected chi connectivity index (χ4v) is 3.04. The highest BCUT2D eigenvalue weighted by atomic mass is 15.2. The van der Waals surface area contributed by atoms with Gasteiger partial charge in [-0.25, -0.2) is 0 Å². The van der Waals surface area contributed by atoms with Crippen LogP contribution >= 0.6 is 0 Å². The van der Waals surface area contributed by atoms with E-state index in [-0.39, 0.29) is 0 Å². The Morgan fingerprint density at radius 2 is 1.74 bits per heavy atom. The van der Waals surface area contributed by atoms with Crippen LogP contribution < -0.4 is 5.32 Å². The molecule has 0 aromatic heterocycles. The number of rotatable bonds is 7. The molecule has 0 bridgehead atoms. The molecule has 3 nitrogen and oxygen atoms in total. The standard InChI is InChI=1S/C16H35N3/c1-13(2)16(11-17-14(3)4)19(6)12-15-7-9-18(5)10-8-15/h13-17H,7-12H2,1-6H3. The zero-order valence-corrected chi connectivity index (χ0v) is 13.9. The van der Waals surface area contributed by atoms with Crippen molar-refractivity contribution in [2.75, 3.05) is 40.3 Å². The molecular formula is C16H35N3.